The number of nitrogens with zero attached hydrogens (tertiary/aromatic N) is 2. The maximum Gasteiger partial charge on any atom is 0.321 e. The van der Waals surface area contributed by atoms with E-state index in [9.17, 15) is 14.3 Å². The van der Waals surface area contributed by atoms with E-state index in [4.69, 9.17) is 0 Å². The van der Waals surface area contributed by atoms with Gasteiger partial charge in [-0.2, -0.15) is 0 Å². The van der Waals surface area contributed by atoms with Crippen LogP contribution in [0.1, 0.15) is 19.8 Å². The molecule has 1 fully saturated rings. The first-order chi connectivity index (χ1) is 11.5. The van der Waals surface area contributed by atoms with Crippen molar-refractivity contribution in [1.82, 2.24) is 9.47 Å². The Labute approximate surface area is 140 Å². The first kappa shape index (κ1) is 16.5. The molecule has 1 saturated heterocycles. The van der Waals surface area contributed by atoms with Gasteiger partial charge in [0.05, 0.1) is 11.8 Å². The quantitative estimate of drug-likeness (QED) is 0.907. The molecule has 0 aliphatic carbocycles. The largest absolute Gasteiger partial charge is 0.393 e. The summed E-state index contributed by atoms with van der Waals surface area (Å²) in [5.74, 6) is -0.399. The molecule has 1 aliphatic rings. The molecule has 1 aromatic carbocycles. The van der Waals surface area contributed by atoms with Crippen LogP contribution in [0.3, 0.4) is 0 Å². The molecule has 2 unspecified atom stereocenters. The number of nitrogens with one attached hydrogen (secondary N) is 1. The number of carbonyl (C=O) groups is 1. The summed E-state index contributed by atoms with van der Waals surface area (Å²) in [4.78, 5) is 14.1. The molecule has 2 amide bonds. The maximum absolute atomic E-state index is 14.1. The summed E-state index contributed by atoms with van der Waals surface area (Å²) < 4.78 is 15.9. The highest BCUT2D eigenvalue weighted by Crippen LogP contribution is 2.23. The lowest BCUT2D eigenvalue weighted by atomic mass is 9.94. The third-order valence-electron chi connectivity index (χ3n) is 4.52. The number of carbonyl (C=O) groups excluding carboxylic acids is 1. The number of rotatable bonds is 3. The minimum atomic E-state index is -0.469. The third kappa shape index (κ3) is 3.59. The highest BCUT2D eigenvalue weighted by Gasteiger charge is 2.26. The highest BCUT2D eigenvalue weighted by molar-refractivity contribution is 5.89. The van der Waals surface area contributed by atoms with E-state index >= 15 is 0 Å². The van der Waals surface area contributed by atoms with Crippen LogP contribution in [0, 0.1) is 11.7 Å². The Hall–Kier alpha value is -2.34. The van der Waals surface area contributed by atoms with E-state index in [1.807, 2.05) is 29.1 Å². The number of aliphatic hydroxyl groups excluding tert-OH is 1. The molecule has 0 bridgehead atoms. The predicted molar refractivity (Wildman–Crippen MR) is 90.7 cm³/mol. The topological polar surface area (TPSA) is 57.5 Å². The molecule has 5 nitrogen and oxygen atoms in total. The smallest absolute Gasteiger partial charge is 0.321 e. The number of benzene rings is 1. The fourth-order valence-electron chi connectivity index (χ4n) is 3.06. The van der Waals surface area contributed by atoms with Gasteiger partial charge in [0, 0.05) is 37.1 Å². The average molecular weight is 331 g/mol. The van der Waals surface area contributed by atoms with E-state index in [-0.39, 0.29) is 17.6 Å². The van der Waals surface area contributed by atoms with Crippen LogP contribution < -0.4 is 5.32 Å². The van der Waals surface area contributed by atoms with Crippen LogP contribution in [0.4, 0.5) is 14.9 Å². The van der Waals surface area contributed by atoms with E-state index in [1.54, 1.807) is 24.0 Å². The number of anilines is 1. The molecule has 3 rings (SSSR count). The molecular weight excluding hydrogens is 309 g/mol. The molecule has 0 radical (unpaired) electrons. The van der Waals surface area contributed by atoms with Gasteiger partial charge in [0.25, 0.3) is 0 Å². The lowest BCUT2D eigenvalue weighted by Crippen LogP contribution is -2.44. The second-order valence-electron chi connectivity index (χ2n) is 6.27. The Morgan fingerprint density at radius 3 is 2.83 bits per heavy atom. The summed E-state index contributed by atoms with van der Waals surface area (Å²) in [5.41, 5.74) is 0.933. The fourth-order valence-corrected chi connectivity index (χ4v) is 3.06. The van der Waals surface area contributed by atoms with Gasteiger partial charge in [-0.3, -0.25) is 0 Å². The summed E-state index contributed by atoms with van der Waals surface area (Å²) in [6.07, 6.45) is 5.01. The molecule has 2 heterocycles. The van der Waals surface area contributed by atoms with Crippen LogP contribution in [0.5, 0.6) is 0 Å². The SMILES string of the molecule is CC(O)C1CCCN(C(=O)Nc2cc(-n3cccc3)ccc2F)C1. The van der Waals surface area contributed by atoms with Crippen LogP contribution in [0.2, 0.25) is 0 Å². The van der Waals surface area contributed by atoms with Crippen LogP contribution >= 0.6 is 0 Å². The number of hydrogen-bond donors (Lipinski definition) is 2. The number of aromatic nitrogens is 1. The average Bonchev–Trinajstić information content (AvgIpc) is 3.11. The fraction of sp³-hybridized carbons (Fsp3) is 0.389. The van der Waals surface area contributed by atoms with Crippen molar-refractivity contribution in [1.29, 1.82) is 0 Å². The standard InChI is InChI=1S/C18H22FN3O2/c1-13(23)14-5-4-10-22(12-14)18(24)20-17-11-15(6-7-16(17)19)21-8-2-3-9-21/h2-3,6-9,11,13-14,23H,4-5,10,12H2,1H3,(H,20,24). The Morgan fingerprint density at radius 1 is 1.38 bits per heavy atom. The predicted octanol–water partition coefficient (Wildman–Crippen LogP) is 3.24. The molecule has 2 atom stereocenters. The lowest BCUT2D eigenvalue weighted by Gasteiger charge is -2.34. The number of urea groups is 1. The molecular formula is C18H22FN3O2. The van der Waals surface area contributed by atoms with Gasteiger partial charge >= 0.3 is 6.03 Å². The summed E-state index contributed by atoms with van der Waals surface area (Å²) >= 11 is 0. The Bertz CT molecular complexity index is 700. The van der Waals surface area contributed by atoms with Crippen molar-refractivity contribution >= 4 is 11.7 Å². The van der Waals surface area contributed by atoms with Gasteiger partial charge in [-0.25, -0.2) is 9.18 Å². The van der Waals surface area contributed by atoms with Crippen molar-refractivity contribution in [3.8, 4) is 5.69 Å². The number of amides is 2. The van der Waals surface area contributed by atoms with E-state index < -0.39 is 11.9 Å². The number of piperidine rings is 1. The van der Waals surface area contributed by atoms with E-state index in [2.05, 4.69) is 5.32 Å². The first-order valence-electron chi connectivity index (χ1n) is 8.21. The van der Waals surface area contributed by atoms with Crippen molar-refractivity contribution in [3.63, 3.8) is 0 Å². The van der Waals surface area contributed by atoms with Crippen LogP contribution in [-0.4, -0.2) is 39.8 Å². The zero-order chi connectivity index (χ0) is 17.1. The number of likely N-dealkylation sites (tertiary alicyclic amines) is 1. The number of hydrogen-bond acceptors (Lipinski definition) is 2. The number of halogens is 1. The molecule has 6 heteroatoms. The van der Waals surface area contributed by atoms with Crippen molar-refractivity contribution in [2.24, 2.45) is 5.92 Å². The van der Waals surface area contributed by atoms with Crippen molar-refractivity contribution in [3.05, 3.63) is 48.5 Å². The molecule has 1 aliphatic heterocycles. The second-order valence-corrected chi connectivity index (χ2v) is 6.27. The highest BCUT2D eigenvalue weighted by atomic mass is 19.1. The normalized spacial score (nSPS) is 19.1. The van der Waals surface area contributed by atoms with Gasteiger partial charge in [-0.05, 0) is 50.1 Å². The Morgan fingerprint density at radius 2 is 2.12 bits per heavy atom. The minimum absolute atomic E-state index is 0.0700. The molecule has 1 aromatic heterocycles. The van der Waals surface area contributed by atoms with Crippen molar-refractivity contribution < 1.29 is 14.3 Å². The minimum Gasteiger partial charge on any atom is -0.393 e. The lowest BCUT2D eigenvalue weighted by molar-refractivity contribution is 0.0766. The van der Waals surface area contributed by atoms with Crippen LogP contribution in [0.15, 0.2) is 42.7 Å². The van der Waals surface area contributed by atoms with E-state index in [1.165, 1.54) is 6.07 Å². The Balaban J connectivity index is 1.73. The van der Waals surface area contributed by atoms with Gasteiger partial charge in [-0.15, -0.1) is 0 Å². The maximum atomic E-state index is 14.1. The molecule has 2 aromatic rings. The van der Waals surface area contributed by atoms with Crippen LogP contribution in [-0.2, 0) is 0 Å². The molecule has 0 saturated carbocycles. The van der Waals surface area contributed by atoms with Crippen molar-refractivity contribution in [2.75, 3.05) is 18.4 Å². The first-order valence-corrected chi connectivity index (χ1v) is 8.21. The number of aliphatic hydroxyl groups is 1. The molecule has 24 heavy (non-hydrogen) atoms. The van der Waals surface area contributed by atoms with E-state index in [0.29, 0.717) is 13.1 Å². The van der Waals surface area contributed by atoms with Gasteiger partial charge < -0.3 is 19.9 Å². The summed E-state index contributed by atoms with van der Waals surface area (Å²) in [7, 11) is 0. The monoisotopic (exact) mass is 331 g/mol. The molecule has 128 valence electrons. The summed E-state index contributed by atoms with van der Waals surface area (Å²) in [6.45, 7) is 2.85. The second kappa shape index (κ2) is 7.05. The zero-order valence-corrected chi connectivity index (χ0v) is 13.7. The van der Waals surface area contributed by atoms with Gasteiger partial charge in [0.1, 0.15) is 5.82 Å². The van der Waals surface area contributed by atoms with E-state index in [0.717, 1.165) is 18.5 Å². The van der Waals surface area contributed by atoms with Crippen LogP contribution in [0.25, 0.3) is 5.69 Å². The third-order valence-corrected chi connectivity index (χ3v) is 4.52. The van der Waals surface area contributed by atoms with Gasteiger partial charge in [0.2, 0.25) is 0 Å². The Kier molecular flexibility index (Phi) is 4.85. The molecule has 0 spiro atoms. The van der Waals surface area contributed by atoms with Crippen molar-refractivity contribution in [2.45, 2.75) is 25.9 Å². The summed E-state index contributed by atoms with van der Waals surface area (Å²) in [6, 6.07) is 8.05. The van der Waals surface area contributed by atoms with Gasteiger partial charge in [-0.1, -0.05) is 0 Å². The summed E-state index contributed by atoms with van der Waals surface area (Å²) in [5, 5.41) is 12.4. The van der Waals surface area contributed by atoms with Gasteiger partial charge in [0.15, 0.2) is 0 Å². The molecule has 2 N–H and O–H groups in total. The zero-order valence-electron chi connectivity index (χ0n) is 13.7.